The first kappa shape index (κ1) is 10.1. The summed E-state index contributed by atoms with van der Waals surface area (Å²) in [5, 5.41) is 9.61. The highest BCUT2D eigenvalue weighted by Crippen LogP contribution is 2.22. The van der Waals surface area contributed by atoms with E-state index in [9.17, 15) is 5.11 Å². The Morgan fingerprint density at radius 2 is 2.23 bits per heavy atom. The maximum absolute atomic E-state index is 9.61. The molecule has 0 aliphatic carbocycles. The molecule has 0 aliphatic rings. The van der Waals surface area contributed by atoms with Crippen LogP contribution in [0.25, 0.3) is 6.08 Å². The zero-order valence-electron chi connectivity index (χ0n) is 7.63. The molecule has 1 aromatic carbocycles. The van der Waals surface area contributed by atoms with Gasteiger partial charge in [-0.1, -0.05) is 30.4 Å². The van der Waals surface area contributed by atoms with Gasteiger partial charge in [-0.2, -0.15) is 0 Å². The van der Waals surface area contributed by atoms with Crippen molar-refractivity contribution in [3.8, 4) is 5.75 Å². The van der Waals surface area contributed by atoms with Gasteiger partial charge in [0.2, 0.25) is 0 Å². The minimum atomic E-state index is 0.355. The van der Waals surface area contributed by atoms with Gasteiger partial charge in [0, 0.05) is 11.4 Å². The first-order valence-electron chi connectivity index (χ1n) is 4.27. The molecule has 0 aliphatic heterocycles. The molecular weight excluding hydrogens is 184 g/mol. The number of halogens is 1. The molecule has 0 spiro atoms. The monoisotopic (exact) mass is 196 g/mol. The number of hydrogen-bond donors (Lipinski definition) is 1. The van der Waals surface area contributed by atoms with Gasteiger partial charge in [0.15, 0.2) is 0 Å². The van der Waals surface area contributed by atoms with Crippen molar-refractivity contribution in [2.24, 2.45) is 0 Å². The summed E-state index contributed by atoms with van der Waals surface area (Å²) in [6.07, 6.45) is 4.68. The Hall–Kier alpha value is -0.950. The zero-order valence-corrected chi connectivity index (χ0v) is 8.38. The Morgan fingerprint density at radius 1 is 1.46 bits per heavy atom. The first-order chi connectivity index (χ1) is 6.25. The SMILES string of the molecule is Cc1cccc(C=CCCCl)c1O. The molecule has 0 aromatic heterocycles. The number of aromatic hydroxyl groups is 1. The van der Waals surface area contributed by atoms with E-state index < -0.39 is 0 Å². The van der Waals surface area contributed by atoms with Gasteiger partial charge in [0.05, 0.1) is 0 Å². The quantitative estimate of drug-likeness (QED) is 0.736. The van der Waals surface area contributed by atoms with Gasteiger partial charge in [-0.25, -0.2) is 0 Å². The van der Waals surface area contributed by atoms with Crippen LogP contribution in [0.1, 0.15) is 17.5 Å². The molecule has 1 N–H and O–H groups in total. The van der Waals surface area contributed by atoms with Crippen molar-refractivity contribution in [2.45, 2.75) is 13.3 Å². The standard InChI is InChI=1S/C11H13ClO/c1-9-5-4-7-10(11(9)13)6-2-3-8-12/h2,4-7,13H,3,8H2,1H3. The van der Waals surface area contributed by atoms with Crippen LogP contribution in [0.3, 0.4) is 0 Å². The van der Waals surface area contributed by atoms with E-state index >= 15 is 0 Å². The van der Waals surface area contributed by atoms with Gasteiger partial charge < -0.3 is 5.11 Å². The Labute approximate surface area is 83.7 Å². The lowest BCUT2D eigenvalue weighted by atomic mass is 10.1. The Bertz CT molecular complexity index is 305. The highest BCUT2D eigenvalue weighted by molar-refractivity contribution is 6.17. The molecule has 2 heteroatoms. The molecule has 1 rings (SSSR count). The molecule has 0 radical (unpaired) electrons. The summed E-state index contributed by atoms with van der Waals surface area (Å²) >= 11 is 5.53. The van der Waals surface area contributed by atoms with E-state index in [4.69, 9.17) is 11.6 Å². The summed E-state index contributed by atoms with van der Waals surface area (Å²) in [5.41, 5.74) is 1.75. The van der Waals surface area contributed by atoms with E-state index in [1.807, 2.05) is 37.3 Å². The van der Waals surface area contributed by atoms with Crippen molar-refractivity contribution in [3.63, 3.8) is 0 Å². The summed E-state index contributed by atoms with van der Waals surface area (Å²) in [5.74, 6) is 0.969. The fourth-order valence-corrected chi connectivity index (χ4v) is 1.22. The predicted octanol–water partition coefficient (Wildman–Crippen LogP) is 3.34. The lowest BCUT2D eigenvalue weighted by molar-refractivity contribution is 0.470. The van der Waals surface area contributed by atoms with Crippen LogP contribution in [-0.2, 0) is 0 Å². The highest BCUT2D eigenvalue weighted by Gasteiger charge is 1.98. The van der Waals surface area contributed by atoms with Crippen LogP contribution in [0.4, 0.5) is 0 Å². The Kier molecular flexibility index (Phi) is 3.84. The maximum Gasteiger partial charge on any atom is 0.125 e. The average Bonchev–Trinajstić information content (AvgIpc) is 2.13. The van der Waals surface area contributed by atoms with E-state index in [1.54, 1.807) is 0 Å². The van der Waals surface area contributed by atoms with Gasteiger partial charge in [-0.15, -0.1) is 11.6 Å². The molecule has 1 nitrogen and oxygen atoms in total. The highest BCUT2D eigenvalue weighted by atomic mass is 35.5. The van der Waals surface area contributed by atoms with Crippen LogP contribution in [-0.4, -0.2) is 11.0 Å². The molecule has 0 saturated carbocycles. The van der Waals surface area contributed by atoms with E-state index in [1.165, 1.54) is 0 Å². The molecule has 0 fully saturated rings. The number of allylic oxidation sites excluding steroid dienone is 1. The smallest absolute Gasteiger partial charge is 0.125 e. The third-order valence-corrected chi connectivity index (χ3v) is 2.06. The maximum atomic E-state index is 9.61. The van der Waals surface area contributed by atoms with Gasteiger partial charge in [-0.05, 0) is 18.9 Å². The van der Waals surface area contributed by atoms with Crippen LogP contribution >= 0.6 is 11.6 Å². The minimum Gasteiger partial charge on any atom is -0.507 e. The summed E-state index contributed by atoms with van der Waals surface area (Å²) in [4.78, 5) is 0. The molecular formula is C11H13ClO. The van der Waals surface area contributed by atoms with E-state index in [2.05, 4.69) is 0 Å². The minimum absolute atomic E-state index is 0.355. The summed E-state index contributed by atoms with van der Waals surface area (Å²) in [6.45, 7) is 1.88. The van der Waals surface area contributed by atoms with E-state index in [-0.39, 0.29) is 0 Å². The van der Waals surface area contributed by atoms with Crippen molar-refractivity contribution in [2.75, 3.05) is 5.88 Å². The lowest BCUT2D eigenvalue weighted by Gasteiger charge is -2.01. The van der Waals surface area contributed by atoms with Crippen LogP contribution < -0.4 is 0 Å². The molecule has 1 aromatic rings. The molecule has 0 heterocycles. The Balaban J connectivity index is 2.83. The molecule has 0 amide bonds. The van der Waals surface area contributed by atoms with Crippen LogP contribution in [0.2, 0.25) is 0 Å². The molecule has 70 valence electrons. The number of hydrogen-bond acceptors (Lipinski definition) is 1. The third kappa shape index (κ3) is 2.78. The Morgan fingerprint density at radius 3 is 2.92 bits per heavy atom. The summed E-state index contributed by atoms with van der Waals surface area (Å²) in [7, 11) is 0. The second kappa shape index (κ2) is 4.93. The number of alkyl halides is 1. The fraction of sp³-hybridized carbons (Fsp3) is 0.273. The number of rotatable bonds is 3. The number of benzene rings is 1. The third-order valence-electron chi connectivity index (χ3n) is 1.84. The number of para-hydroxylation sites is 1. The van der Waals surface area contributed by atoms with Crippen molar-refractivity contribution in [3.05, 3.63) is 35.4 Å². The molecule has 0 unspecified atom stereocenters. The first-order valence-corrected chi connectivity index (χ1v) is 4.80. The van der Waals surface area contributed by atoms with Gasteiger partial charge in [0.25, 0.3) is 0 Å². The molecule has 0 saturated heterocycles. The number of phenolic OH excluding ortho intramolecular Hbond substituents is 1. The van der Waals surface area contributed by atoms with E-state index in [0.29, 0.717) is 11.6 Å². The van der Waals surface area contributed by atoms with Gasteiger partial charge in [0.1, 0.15) is 5.75 Å². The summed E-state index contributed by atoms with van der Waals surface area (Å²) in [6, 6.07) is 5.69. The largest absolute Gasteiger partial charge is 0.507 e. The number of aryl methyl sites for hydroxylation is 1. The predicted molar refractivity (Wildman–Crippen MR) is 57.2 cm³/mol. The second-order valence-electron chi connectivity index (χ2n) is 2.89. The van der Waals surface area contributed by atoms with Crippen molar-refractivity contribution < 1.29 is 5.11 Å². The lowest BCUT2D eigenvalue weighted by Crippen LogP contribution is -1.79. The normalized spacial score (nSPS) is 10.9. The average molecular weight is 197 g/mol. The molecule has 0 bridgehead atoms. The molecule has 13 heavy (non-hydrogen) atoms. The fourth-order valence-electron chi connectivity index (χ4n) is 1.09. The van der Waals surface area contributed by atoms with Crippen LogP contribution in [0.5, 0.6) is 5.75 Å². The summed E-state index contributed by atoms with van der Waals surface area (Å²) < 4.78 is 0. The van der Waals surface area contributed by atoms with Gasteiger partial charge in [-0.3, -0.25) is 0 Å². The zero-order chi connectivity index (χ0) is 9.68. The van der Waals surface area contributed by atoms with Crippen molar-refractivity contribution >= 4 is 17.7 Å². The van der Waals surface area contributed by atoms with Crippen molar-refractivity contribution in [1.29, 1.82) is 0 Å². The second-order valence-corrected chi connectivity index (χ2v) is 3.27. The van der Waals surface area contributed by atoms with Crippen LogP contribution in [0, 0.1) is 6.92 Å². The number of phenols is 1. The van der Waals surface area contributed by atoms with Gasteiger partial charge >= 0.3 is 0 Å². The van der Waals surface area contributed by atoms with E-state index in [0.717, 1.165) is 17.5 Å². The molecule has 0 atom stereocenters. The topological polar surface area (TPSA) is 20.2 Å². The van der Waals surface area contributed by atoms with Crippen molar-refractivity contribution in [1.82, 2.24) is 0 Å². The van der Waals surface area contributed by atoms with Crippen LogP contribution in [0.15, 0.2) is 24.3 Å².